The predicted octanol–water partition coefficient (Wildman–Crippen LogP) is 4.73. The third-order valence-electron chi connectivity index (χ3n) is 3.57. The molecule has 3 rings (SSSR count). The Bertz CT molecular complexity index is 893. The van der Waals surface area contributed by atoms with Crippen LogP contribution in [0.1, 0.15) is 27.6 Å². The van der Waals surface area contributed by atoms with Crippen molar-refractivity contribution in [2.24, 2.45) is 0 Å². The number of fused-ring (bicyclic) bond motifs is 1. The molecule has 0 amide bonds. The van der Waals surface area contributed by atoms with Gasteiger partial charge in [0.05, 0.1) is 15.7 Å². The topological polar surface area (TPSA) is 64.6 Å². The van der Waals surface area contributed by atoms with E-state index in [0.29, 0.717) is 38.4 Å². The molecule has 2 aromatic rings. The molecule has 128 valence electrons. The number of carbonyl (C=O) groups excluding carboxylic acids is 2. The molecule has 0 aliphatic carbocycles. The molecule has 1 heterocycles. The maximum Gasteiger partial charge on any atom is 0.231 e. The lowest BCUT2D eigenvalue weighted by Crippen LogP contribution is -2.01. The minimum atomic E-state index is -0.254. The Hall–Kier alpha value is -2.50. The van der Waals surface area contributed by atoms with E-state index < -0.39 is 0 Å². The van der Waals surface area contributed by atoms with Gasteiger partial charge < -0.3 is 14.8 Å². The van der Waals surface area contributed by atoms with Crippen molar-refractivity contribution in [2.45, 2.75) is 6.92 Å². The van der Waals surface area contributed by atoms with E-state index in [2.05, 4.69) is 5.32 Å². The number of anilines is 1. The summed E-state index contributed by atoms with van der Waals surface area (Å²) in [7, 11) is 0. The average molecular weight is 378 g/mol. The Kier molecular flexibility index (Phi) is 4.97. The lowest BCUT2D eigenvalue weighted by atomic mass is 10.1. The van der Waals surface area contributed by atoms with Gasteiger partial charge in [-0.15, -0.1) is 0 Å². The number of nitrogens with one attached hydrogen (secondary N) is 1. The molecule has 25 heavy (non-hydrogen) atoms. The second-order valence-corrected chi connectivity index (χ2v) is 6.09. The molecule has 0 aromatic heterocycles. The Balaban J connectivity index is 1.78. The maximum atomic E-state index is 12.2. The first-order valence-electron chi connectivity index (χ1n) is 7.33. The van der Waals surface area contributed by atoms with Gasteiger partial charge in [-0.05, 0) is 31.2 Å². The maximum absolute atomic E-state index is 12.2. The number of ketones is 2. The molecule has 0 saturated heterocycles. The van der Waals surface area contributed by atoms with E-state index in [4.69, 9.17) is 32.7 Å². The Morgan fingerprint density at radius 3 is 2.48 bits per heavy atom. The molecule has 0 bridgehead atoms. The molecule has 5 nitrogen and oxygen atoms in total. The Morgan fingerprint density at radius 2 is 1.80 bits per heavy atom. The van der Waals surface area contributed by atoms with Crippen LogP contribution in [0, 0.1) is 0 Å². The molecular weight excluding hydrogens is 365 g/mol. The summed E-state index contributed by atoms with van der Waals surface area (Å²) in [5, 5.41) is 3.62. The zero-order valence-electron chi connectivity index (χ0n) is 13.1. The summed E-state index contributed by atoms with van der Waals surface area (Å²) < 4.78 is 10.6. The fourth-order valence-corrected chi connectivity index (χ4v) is 2.60. The van der Waals surface area contributed by atoms with E-state index >= 15 is 0 Å². The zero-order valence-corrected chi connectivity index (χ0v) is 14.6. The third kappa shape index (κ3) is 3.78. The predicted molar refractivity (Wildman–Crippen MR) is 96.1 cm³/mol. The van der Waals surface area contributed by atoms with Crippen molar-refractivity contribution in [3.05, 3.63) is 63.8 Å². The number of rotatable bonds is 5. The second kappa shape index (κ2) is 7.17. The average Bonchev–Trinajstić information content (AvgIpc) is 3.03. The van der Waals surface area contributed by atoms with Crippen LogP contribution in [0.4, 0.5) is 5.69 Å². The van der Waals surface area contributed by atoms with Crippen LogP contribution in [0.2, 0.25) is 10.0 Å². The molecule has 0 unspecified atom stereocenters. The molecular formula is C18H13Cl2NO4. The third-order valence-corrected chi connectivity index (χ3v) is 4.31. The SMILES string of the molecule is CC(=O)c1cc2c(cc1NC=CC(=O)c1ccc(Cl)c(Cl)c1)OCO2. The van der Waals surface area contributed by atoms with Crippen LogP contribution in [0.5, 0.6) is 11.5 Å². The van der Waals surface area contributed by atoms with Crippen LogP contribution < -0.4 is 14.8 Å². The van der Waals surface area contributed by atoms with Crippen LogP contribution in [0.15, 0.2) is 42.6 Å². The van der Waals surface area contributed by atoms with E-state index in [1.807, 2.05) is 0 Å². The summed E-state index contributed by atoms with van der Waals surface area (Å²) in [4.78, 5) is 24.0. The van der Waals surface area contributed by atoms with Crippen LogP contribution in [-0.2, 0) is 0 Å². The van der Waals surface area contributed by atoms with Crippen molar-refractivity contribution >= 4 is 40.5 Å². The summed E-state index contributed by atoms with van der Waals surface area (Å²) in [6, 6.07) is 7.92. The van der Waals surface area contributed by atoms with E-state index in [1.54, 1.807) is 24.3 Å². The van der Waals surface area contributed by atoms with Gasteiger partial charge in [0.15, 0.2) is 23.1 Å². The molecule has 0 spiro atoms. The minimum Gasteiger partial charge on any atom is -0.454 e. The lowest BCUT2D eigenvalue weighted by molar-refractivity contribution is 0.101. The van der Waals surface area contributed by atoms with Crippen LogP contribution in [-0.4, -0.2) is 18.4 Å². The highest BCUT2D eigenvalue weighted by Gasteiger charge is 2.18. The number of carbonyl (C=O) groups is 2. The number of halogens is 2. The number of allylic oxidation sites excluding steroid dienone is 1. The fourth-order valence-electron chi connectivity index (χ4n) is 2.31. The zero-order chi connectivity index (χ0) is 18.0. The molecule has 2 aromatic carbocycles. The van der Waals surface area contributed by atoms with Gasteiger partial charge in [0.25, 0.3) is 0 Å². The standard InChI is InChI=1S/C18H13Cl2NO4/c1-10(22)12-7-17-18(25-9-24-17)8-15(12)21-5-4-16(23)11-2-3-13(19)14(20)6-11/h2-8,21H,9H2,1H3. The fraction of sp³-hybridized carbons (Fsp3) is 0.111. The molecule has 0 atom stereocenters. The monoisotopic (exact) mass is 377 g/mol. The van der Waals surface area contributed by atoms with Gasteiger partial charge in [-0.25, -0.2) is 0 Å². The van der Waals surface area contributed by atoms with Gasteiger partial charge in [0, 0.05) is 29.5 Å². The summed E-state index contributed by atoms with van der Waals surface area (Å²) in [5.74, 6) is 0.671. The number of hydrogen-bond donors (Lipinski definition) is 1. The molecule has 0 saturated carbocycles. The molecule has 0 fully saturated rings. The summed E-state index contributed by atoms with van der Waals surface area (Å²) in [6.45, 7) is 1.56. The Labute approximate surface area is 154 Å². The lowest BCUT2D eigenvalue weighted by Gasteiger charge is -2.08. The number of hydrogen-bond acceptors (Lipinski definition) is 5. The summed E-state index contributed by atoms with van der Waals surface area (Å²) in [6.07, 6.45) is 2.79. The van der Waals surface area contributed by atoms with Gasteiger partial charge >= 0.3 is 0 Å². The van der Waals surface area contributed by atoms with E-state index in [0.717, 1.165) is 0 Å². The molecule has 0 radical (unpaired) electrons. The van der Waals surface area contributed by atoms with Crippen LogP contribution >= 0.6 is 23.2 Å². The molecule has 7 heteroatoms. The van der Waals surface area contributed by atoms with E-state index in [-0.39, 0.29) is 18.4 Å². The first kappa shape index (κ1) is 17.3. The van der Waals surface area contributed by atoms with Crippen molar-refractivity contribution in [1.82, 2.24) is 0 Å². The second-order valence-electron chi connectivity index (χ2n) is 5.28. The summed E-state index contributed by atoms with van der Waals surface area (Å²) in [5.41, 5.74) is 1.37. The van der Waals surface area contributed by atoms with Crippen molar-refractivity contribution < 1.29 is 19.1 Å². The first-order valence-corrected chi connectivity index (χ1v) is 8.08. The highest BCUT2D eigenvalue weighted by atomic mass is 35.5. The summed E-state index contributed by atoms with van der Waals surface area (Å²) >= 11 is 11.7. The van der Waals surface area contributed by atoms with E-state index in [1.165, 1.54) is 25.3 Å². The van der Waals surface area contributed by atoms with Gasteiger partial charge in [-0.1, -0.05) is 23.2 Å². The quantitative estimate of drug-likeness (QED) is 0.602. The van der Waals surface area contributed by atoms with Gasteiger partial charge in [-0.3, -0.25) is 9.59 Å². The van der Waals surface area contributed by atoms with E-state index in [9.17, 15) is 9.59 Å². The Morgan fingerprint density at radius 1 is 1.08 bits per heavy atom. The van der Waals surface area contributed by atoms with Crippen molar-refractivity contribution in [1.29, 1.82) is 0 Å². The van der Waals surface area contributed by atoms with Gasteiger partial charge in [0.1, 0.15) is 0 Å². The smallest absolute Gasteiger partial charge is 0.231 e. The largest absolute Gasteiger partial charge is 0.454 e. The van der Waals surface area contributed by atoms with Crippen LogP contribution in [0.3, 0.4) is 0 Å². The highest BCUT2D eigenvalue weighted by molar-refractivity contribution is 6.42. The number of ether oxygens (including phenoxy) is 2. The van der Waals surface area contributed by atoms with Crippen molar-refractivity contribution in [3.63, 3.8) is 0 Å². The number of benzene rings is 2. The van der Waals surface area contributed by atoms with Gasteiger partial charge in [0.2, 0.25) is 6.79 Å². The minimum absolute atomic E-state index is 0.113. The van der Waals surface area contributed by atoms with Crippen LogP contribution in [0.25, 0.3) is 0 Å². The highest BCUT2D eigenvalue weighted by Crippen LogP contribution is 2.37. The normalized spacial score (nSPS) is 12.4. The molecule has 1 aliphatic heterocycles. The first-order chi connectivity index (χ1) is 12.0. The van der Waals surface area contributed by atoms with Gasteiger partial charge in [-0.2, -0.15) is 0 Å². The molecule has 1 aliphatic rings. The molecule has 1 N–H and O–H groups in total. The van der Waals surface area contributed by atoms with Crippen molar-refractivity contribution in [2.75, 3.05) is 12.1 Å². The van der Waals surface area contributed by atoms with Crippen molar-refractivity contribution in [3.8, 4) is 11.5 Å². The number of Topliss-reactive ketones (excluding diaryl/α,β-unsaturated/α-hetero) is 1.